The number of rotatable bonds is 7. The summed E-state index contributed by atoms with van der Waals surface area (Å²) < 4.78 is 49.5. The smallest absolute Gasteiger partial charge is 0.382 e. The van der Waals surface area contributed by atoms with Crippen LogP contribution in [0.25, 0.3) is 0 Å². The third-order valence-corrected chi connectivity index (χ3v) is 2.78. The van der Waals surface area contributed by atoms with Gasteiger partial charge in [-0.05, 0) is 31.9 Å². The van der Waals surface area contributed by atoms with Crippen LogP contribution in [0.1, 0.15) is 36.5 Å². The molecule has 1 rings (SSSR count). The van der Waals surface area contributed by atoms with E-state index in [1.165, 1.54) is 18.2 Å². The van der Waals surface area contributed by atoms with Crippen LogP contribution in [-0.2, 0) is 0 Å². The maximum Gasteiger partial charge on any atom is 0.389 e. The lowest BCUT2D eigenvalue weighted by Crippen LogP contribution is -2.26. The number of para-hydroxylation sites is 1. The molecule has 0 radical (unpaired) electrons. The van der Waals surface area contributed by atoms with Crippen molar-refractivity contribution in [3.63, 3.8) is 0 Å². The van der Waals surface area contributed by atoms with Gasteiger partial charge in [-0.25, -0.2) is 4.39 Å². The van der Waals surface area contributed by atoms with Gasteiger partial charge >= 0.3 is 6.18 Å². The molecule has 118 valence electrons. The fraction of sp³-hybridized carbons (Fsp3) is 0.500. The molecule has 3 nitrogen and oxygen atoms in total. The molecule has 0 bridgehead atoms. The minimum Gasteiger partial charge on any atom is -0.382 e. The first-order valence-electron chi connectivity index (χ1n) is 6.72. The Morgan fingerprint density at radius 3 is 2.57 bits per heavy atom. The Labute approximate surface area is 120 Å². The third kappa shape index (κ3) is 6.01. The van der Waals surface area contributed by atoms with E-state index < -0.39 is 24.3 Å². The highest BCUT2D eigenvalue weighted by Gasteiger charge is 2.25. The minimum atomic E-state index is -4.18. The topological polar surface area (TPSA) is 41.1 Å². The number of alkyl halides is 3. The van der Waals surface area contributed by atoms with Crippen molar-refractivity contribution in [3.05, 3.63) is 29.6 Å². The summed E-state index contributed by atoms with van der Waals surface area (Å²) >= 11 is 0. The van der Waals surface area contributed by atoms with Crippen LogP contribution in [-0.4, -0.2) is 25.2 Å². The van der Waals surface area contributed by atoms with Gasteiger partial charge in [0, 0.05) is 19.5 Å². The average molecular weight is 306 g/mol. The van der Waals surface area contributed by atoms with Gasteiger partial charge in [-0.3, -0.25) is 4.79 Å². The fourth-order valence-electron chi connectivity index (χ4n) is 1.82. The van der Waals surface area contributed by atoms with E-state index in [4.69, 9.17) is 0 Å². The van der Waals surface area contributed by atoms with Crippen molar-refractivity contribution < 1.29 is 22.4 Å². The molecule has 0 atom stereocenters. The number of amides is 1. The van der Waals surface area contributed by atoms with E-state index >= 15 is 0 Å². The largest absolute Gasteiger partial charge is 0.389 e. The van der Waals surface area contributed by atoms with Gasteiger partial charge in [0.25, 0.3) is 5.91 Å². The molecular weight excluding hydrogens is 288 g/mol. The predicted molar refractivity (Wildman–Crippen MR) is 72.8 cm³/mol. The molecule has 0 saturated heterocycles. The van der Waals surface area contributed by atoms with Crippen LogP contribution >= 0.6 is 0 Å². The zero-order chi connectivity index (χ0) is 15.9. The Kier molecular flexibility index (Phi) is 6.45. The van der Waals surface area contributed by atoms with Crippen molar-refractivity contribution in [2.45, 2.75) is 32.4 Å². The van der Waals surface area contributed by atoms with Crippen LogP contribution in [0.5, 0.6) is 0 Å². The first-order chi connectivity index (χ1) is 9.85. The van der Waals surface area contributed by atoms with Crippen LogP contribution in [0.15, 0.2) is 18.2 Å². The molecule has 0 aromatic heterocycles. The van der Waals surface area contributed by atoms with Gasteiger partial charge in [-0.15, -0.1) is 0 Å². The van der Waals surface area contributed by atoms with E-state index in [2.05, 4.69) is 10.6 Å². The number of benzene rings is 1. The molecule has 0 aliphatic heterocycles. The molecule has 21 heavy (non-hydrogen) atoms. The third-order valence-electron chi connectivity index (χ3n) is 2.78. The lowest BCUT2D eigenvalue weighted by molar-refractivity contribution is -0.135. The quantitative estimate of drug-likeness (QED) is 0.595. The number of hydrogen-bond donors (Lipinski definition) is 2. The Hall–Kier alpha value is -1.79. The van der Waals surface area contributed by atoms with E-state index in [9.17, 15) is 22.4 Å². The molecule has 2 N–H and O–H groups in total. The molecule has 7 heteroatoms. The van der Waals surface area contributed by atoms with E-state index in [-0.39, 0.29) is 30.6 Å². The lowest BCUT2D eigenvalue weighted by Gasteiger charge is -2.12. The molecule has 0 spiro atoms. The second kappa shape index (κ2) is 7.85. The number of halogens is 4. The maximum atomic E-state index is 13.6. The van der Waals surface area contributed by atoms with Crippen molar-refractivity contribution in [3.8, 4) is 0 Å². The number of unbranched alkanes of at least 4 members (excludes halogenated alkanes) is 1. The van der Waals surface area contributed by atoms with Crippen LogP contribution in [0.2, 0.25) is 0 Å². The zero-order valence-electron chi connectivity index (χ0n) is 11.7. The van der Waals surface area contributed by atoms with Gasteiger partial charge in [-0.1, -0.05) is 6.07 Å². The van der Waals surface area contributed by atoms with Gasteiger partial charge in [0.05, 0.1) is 11.3 Å². The second-order valence-electron chi connectivity index (χ2n) is 4.52. The highest BCUT2D eigenvalue weighted by atomic mass is 19.4. The lowest BCUT2D eigenvalue weighted by atomic mass is 10.1. The summed E-state index contributed by atoms with van der Waals surface area (Å²) in [6.45, 7) is 2.34. The van der Waals surface area contributed by atoms with Gasteiger partial charge in [-0.2, -0.15) is 13.2 Å². The first-order valence-corrected chi connectivity index (χ1v) is 6.72. The number of carbonyl (C=O) groups is 1. The summed E-state index contributed by atoms with van der Waals surface area (Å²) in [5, 5.41) is 5.26. The standard InChI is InChI=1S/C14H18F4N2O/c1-2-19-12-10(6-5-7-11(12)15)13(21)20-9-4-3-8-14(16,17)18/h5-7,19H,2-4,8-9H2,1H3,(H,20,21). The van der Waals surface area contributed by atoms with Gasteiger partial charge < -0.3 is 10.6 Å². The monoisotopic (exact) mass is 306 g/mol. The highest BCUT2D eigenvalue weighted by molar-refractivity contribution is 5.99. The summed E-state index contributed by atoms with van der Waals surface area (Å²) in [4.78, 5) is 11.9. The molecule has 1 aromatic rings. The number of hydrogen-bond acceptors (Lipinski definition) is 2. The van der Waals surface area contributed by atoms with E-state index in [1.807, 2.05) is 0 Å². The molecule has 0 aliphatic rings. The molecular formula is C14H18F4N2O. The average Bonchev–Trinajstić information content (AvgIpc) is 2.39. The predicted octanol–water partition coefficient (Wildman–Crippen LogP) is 3.72. The number of carbonyl (C=O) groups excluding carboxylic acids is 1. The molecule has 0 heterocycles. The van der Waals surface area contributed by atoms with Crippen molar-refractivity contribution in [1.29, 1.82) is 0 Å². The van der Waals surface area contributed by atoms with E-state index in [0.717, 1.165) is 0 Å². The number of nitrogens with one attached hydrogen (secondary N) is 2. The van der Waals surface area contributed by atoms with Crippen LogP contribution in [0.4, 0.5) is 23.2 Å². The zero-order valence-corrected chi connectivity index (χ0v) is 11.7. The molecule has 0 aliphatic carbocycles. The molecule has 0 fully saturated rings. The summed E-state index contributed by atoms with van der Waals surface area (Å²) in [7, 11) is 0. The molecule has 1 aromatic carbocycles. The summed E-state index contributed by atoms with van der Waals surface area (Å²) in [6, 6.07) is 4.11. The summed E-state index contributed by atoms with van der Waals surface area (Å²) in [6.07, 6.45) is -4.87. The summed E-state index contributed by atoms with van der Waals surface area (Å²) in [5.74, 6) is -1.04. The Balaban J connectivity index is 2.51. The van der Waals surface area contributed by atoms with Crippen LogP contribution in [0.3, 0.4) is 0 Å². The highest BCUT2D eigenvalue weighted by Crippen LogP contribution is 2.22. The van der Waals surface area contributed by atoms with Crippen molar-refractivity contribution >= 4 is 11.6 Å². The van der Waals surface area contributed by atoms with Crippen molar-refractivity contribution in [2.75, 3.05) is 18.4 Å². The van der Waals surface area contributed by atoms with Gasteiger partial charge in [0.2, 0.25) is 0 Å². The van der Waals surface area contributed by atoms with Gasteiger partial charge in [0.15, 0.2) is 0 Å². The Morgan fingerprint density at radius 2 is 1.95 bits per heavy atom. The summed E-state index contributed by atoms with van der Waals surface area (Å²) in [5.41, 5.74) is 0.250. The normalized spacial score (nSPS) is 11.3. The number of anilines is 1. The van der Waals surface area contributed by atoms with E-state index in [1.54, 1.807) is 6.92 Å². The SMILES string of the molecule is CCNc1c(F)cccc1C(=O)NCCCCC(F)(F)F. The second-order valence-corrected chi connectivity index (χ2v) is 4.52. The van der Waals surface area contributed by atoms with Crippen LogP contribution < -0.4 is 10.6 Å². The molecule has 0 saturated carbocycles. The van der Waals surface area contributed by atoms with Gasteiger partial charge in [0.1, 0.15) is 5.82 Å². The molecule has 1 amide bonds. The Bertz CT molecular complexity index is 475. The van der Waals surface area contributed by atoms with Crippen molar-refractivity contribution in [1.82, 2.24) is 5.32 Å². The first kappa shape index (κ1) is 17.3. The fourth-order valence-corrected chi connectivity index (χ4v) is 1.82. The van der Waals surface area contributed by atoms with E-state index in [0.29, 0.717) is 6.54 Å². The maximum absolute atomic E-state index is 13.6. The Morgan fingerprint density at radius 1 is 1.24 bits per heavy atom. The van der Waals surface area contributed by atoms with Crippen LogP contribution in [0, 0.1) is 5.82 Å². The minimum absolute atomic E-state index is 0.0486. The molecule has 0 unspecified atom stereocenters. The van der Waals surface area contributed by atoms with Crippen molar-refractivity contribution in [2.24, 2.45) is 0 Å².